The molecule has 2 aliphatic rings. The monoisotopic (exact) mass is 545 g/mol. The molecule has 1 saturated heterocycles. The summed E-state index contributed by atoms with van der Waals surface area (Å²) in [6.07, 6.45) is 0.739. The van der Waals surface area contributed by atoms with E-state index in [4.69, 9.17) is 16.0 Å². The van der Waals surface area contributed by atoms with Crippen molar-refractivity contribution < 1.29 is 22.4 Å². The number of anilines is 1. The number of pyridine rings is 1. The minimum absolute atomic E-state index is 0.00680. The lowest BCUT2D eigenvalue weighted by molar-refractivity contribution is -0.148. The summed E-state index contributed by atoms with van der Waals surface area (Å²) in [6.45, 7) is 3.43. The van der Waals surface area contributed by atoms with Crippen LogP contribution in [0.1, 0.15) is 25.0 Å². The van der Waals surface area contributed by atoms with Crippen LogP contribution in [0.5, 0.6) is 0 Å². The number of alkyl halides is 3. The van der Waals surface area contributed by atoms with E-state index in [0.717, 1.165) is 26.7 Å². The summed E-state index contributed by atoms with van der Waals surface area (Å²) >= 11 is 6.62. The van der Waals surface area contributed by atoms with Crippen LogP contribution in [0.3, 0.4) is 0 Å². The maximum Gasteiger partial charge on any atom is 0.451 e. The summed E-state index contributed by atoms with van der Waals surface area (Å²) in [5.74, 6) is -0.694. The Morgan fingerprint density at radius 1 is 1.16 bits per heavy atom. The second-order valence-corrected chi connectivity index (χ2v) is 10.1. The smallest absolute Gasteiger partial charge is 0.445 e. The molecule has 0 aliphatic carbocycles. The molecule has 0 radical (unpaired) electrons. The summed E-state index contributed by atoms with van der Waals surface area (Å²) in [5.41, 5.74) is 2.42. The van der Waals surface area contributed by atoms with E-state index < -0.39 is 12.0 Å². The predicted octanol–water partition coefficient (Wildman–Crippen LogP) is 4.66. The van der Waals surface area contributed by atoms with Crippen LogP contribution in [0, 0.1) is 11.8 Å². The van der Waals surface area contributed by atoms with Crippen molar-refractivity contribution in [1.29, 1.82) is 0 Å². The molecule has 6 rings (SSSR count). The number of hydrogen-bond acceptors (Lipinski definition) is 7. The second kappa shape index (κ2) is 9.26. The maximum atomic E-state index is 13.4. The molecule has 1 amide bonds. The summed E-state index contributed by atoms with van der Waals surface area (Å²) in [5, 5.41) is 8.41. The summed E-state index contributed by atoms with van der Waals surface area (Å²) in [7, 11) is 0. The summed E-state index contributed by atoms with van der Waals surface area (Å²) in [4.78, 5) is 25.9. The van der Waals surface area contributed by atoms with Gasteiger partial charge in [-0.15, -0.1) is 10.2 Å². The molecule has 38 heavy (non-hydrogen) atoms. The van der Waals surface area contributed by atoms with Gasteiger partial charge < -0.3 is 18.8 Å². The van der Waals surface area contributed by atoms with Crippen LogP contribution >= 0.6 is 11.6 Å². The number of nitrogens with zero attached hydrogens (tertiary/aromatic N) is 7. The first-order chi connectivity index (χ1) is 18.2. The van der Waals surface area contributed by atoms with Gasteiger partial charge in [-0.05, 0) is 30.5 Å². The lowest BCUT2D eigenvalue weighted by Gasteiger charge is -2.40. The highest BCUT2D eigenvalue weighted by molar-refractivity contribution is 6.34. The number of amides is 1. The van der Waals surface area contributed by atoms with E-state index in [0.29, 0.717) is 30.4 Å². The van der Waals surface area contributed by atoms with E-state index >= 15 is 0 Å². The normalized spacial score (nSPS) is 20.1. The number of aromatic nitrogens is 5. The molecule has 9 nitrogen and oxygen atoms in total. The fourth-order valence-corrected chi connectivity index (χ4v) is 5.75. The lowest BCUT2D eigenvalue weighted by atomic mass is 9.85. The Kier molecular flexibility index (Phi) is 6.01. The van der Waals surface area contributed by atoms with Crippen molar-refractivity contribution in [2.75, 3.05) is 24.5 Å². The van der Waals surface area contributed by atoms with Gasteiger partial charge in [0.1, 0.15) is 6.26 Å². The van der Waals surface area contributed by atoms with Crippen LogP contribution in [0.2, 0.25) is 5.02 Å². The number of carbonyl (C=O) groups is 1. The number of oxazole rings is 1. The van der Waals surface area contributed by atoms with Crippen LogP contribution in [-0.4, -0.2) is 55.2 Å². The molecule has 5 heterocycles. The molecular weight excluding hydrogens is 523 g/mol. The highest BCUT2D eigenvalue weighted by atomic mass is 35.5. The number of carbonyl (C=O) groups excluding carboxylic acids is 1. The second-order valence-electron chi connectivity index (χ2n) is 9.69. The molecule has 198 valence electrons. The molecule has 4 aromatic rings. The average Bonchev–Trinajstić information content (AvgIpc) is 3.58. The zero-order valence-electron chi connectivity index (χ0n) is 20.3. The number of benzene rings is 1. The van der Waals surface area contributed by atoms with E-state index in [9.17, 15) is 18.0 Å². The van der Waals surface area contributed by atoms with E-state index in [1.165, 1.54) is 6.26 Å². The number of piperidine rings is 1. The van der Waals surface area contributed by atoms with Crippen LogP contribution in [0.4, 0.5) is 18.9 Å². The van der Waals surface area contributed by atoms with Crippen LogP contribution in [0.15, 0.2) is 41.3 Å². The van der Waals surface area contributed by atoms with Crippen LogP contribution in [-0.2, 0) is 24.1 Å². The van der Waals surface area contributed by atoms with E-state index in [-0.39, 0.29) is 43.2 Å². The van der Waals surface area contributed by atoms with Crippen molar-refractivity contribution in [3.63, 3.8) is 0 Å². The van der Waals surface area contributed by atoms with Crippen molar-refractivity contribution >= 4 is 34.1 Å². The number of hydrogen-bond donors (Lipinski definition) is 0. The third-order valence-electron chi connectivity index (χ3n) is 7.33. The van der Waals surface area contributed by atoms with Gasteiger partial charge in [0.05, 0.1) is 29.0 Å². The van der Waals surface area contributed by atoms with Crippen LogP contribution in [0.25, 0.3) is 22.4 Å². The fourth-order valence-electron chi connectivity index (χ4n) is 5.48. The Labute approximate surface area is 220 Å². The Morgan fingerprint density at radius 2 is 2.00 bits per heavy atom. The third-order valence-corrected chi connectivity index (χ3v) is 7.61. The van der Waals surface area contributed by atoms with Crippen molar-refractivity contribution in [3.8, 4) is 11.5 Å². The van der Waals surface area contributed by atoms with E-state index in [1.807, 2.05) is 25.1 Å². The first kappa shape index (κ1) is 24.7. The number of rotatable bonds is 3. The zero-order chi connectivity index (χ0) is 26.6. The van der Waals surface area contributed by atoms with Gasteiger partial charge in [-0.1, -0.05) is 18.5 Å². The first-order valence-electron chi connectivity index (χ1n) is 12.2. The number of halogens is 4. The van der Waals surface area contributed by atoms with Gasteiger partial charge >= 0.3 is 6.18 Å². The molecule has 0 saturated carbocycles. The fraction of sp³-hybridized carbons (Fsp3) is 0.400. The highest BCUT2D eigenvalue weighted by Crippen LogP contribution is 2.38. The van der Waals surface area contributed by atoms with E-state index in [2.05, 4.69) is 25.1 Å². The quantitative estimate of drug-likeness (QED) is 0.370. The van der Waals surface area contributed by atoms with Crippen molar-refractivity contribution in [1.82, 2.24) is 29.6 Å². The molecule has 1 aromatic carbocycles. The van der Waals surface area contributed by atoms with E-state index in [1.54, 1.807) is 17.3 Å². The maximum absolute atomic E-state index is 13.4. The molecule has 0 spiro atoms. The first-order valence-corrected chi connectivity index (χ1v) is 12.6. The topological polar surface area (TPSA) is 93.2 Å². The molecule has 2 atom stereocenters. The van der Waals surface area contributed by atoms with Crippen molar-refractivity contribution in [2.24, 2.45) is 11.8 Å². The molecular formula is C25H23ClF3N7O2. The molecule has 2 unspecified atom stereocenters. The molecule has 13 heteroatoms. The van der Waals surface area contributed by atoms with Gasteiger partial charge in [0.25, 0.3) is 0 Å². The van der Waals surface area contributed by atoms with Crippen molar-refractivity contribution in [3.05, 3.63) is 53.5 Å². The Hall–Kier alpha value is -3.67. The number of fused-ring (bicyclic) bond motifs is 2. The lowest BCUT2D eigenvalue weighted by Crippen LogP contribution is -2.49. The van der Waals surface area contributed by atoms with Gasteiger partial charge in [-0.3, -0.25) is 9.78 Å². The Bertz CT molecular complexity index is 1500. The van der Waals surface area contributed by atoms with Gasteiger partial charge in [-0.25, -0.2) is 4.98 Å². The standard InChI is InChI=1S/C25H23ClF3N7O2/c1-14-12-34(21-17-3-2-15(22-30-5-9-38-22)10-19(17)31-11-18(21)26)6-4-16(14)23(37)35-7-8-36-20(13-35)32-33-24(36)25(27,28)29/h2-3,5,9-11,14,16H,4,6-8,12-13H2,1H3. The van der Waals surface area contributed by atoms with Gasteiger partial charge in [0.15, 0.2) is 5.82 Å². The minimum atomic E-state index is -4.57. The Balaban J connectivity index is 1.19. The largest absolute Gasteiger partial charge is 0.451 e. The van der Waals surface area contributed by atoms with Gasteiger partial charge in [0, 0.05) is 49.2 Å². The SMILES string of the molecule is CC1CN(c2c(Cl)cnc3cc(-c4ncco4)ccc23)CCC1C(=O)N1CCn2c(nnc2C(F)(F)F)C1. The predicted molar refractivity (Wildman–Crippen MR) is 132 cm³/mol. The zero-order valence-corrected chi connectivity index (χ0v) is 21.1. The summed E-state index contributed by atoms with van der Waals surface area (Å²) in [6, 6.07) is 5.76. The third kappa shape index (κ3) is 4.26. The van der Waals surface area contributed by atoms with Gasteiger partial charge in [-0.2, -0.15) is 13.2 Å². The summed E-state index contributed by atoms with van der Waals surface area (Å²) < 4.78 is 46.0. The van der Waals surface area contributed by atoms with Gasteiger partial charge in [0.2, 0.25) is 17.6 Å². The molecule has 2 aliphatic heterocycles. The molecule has 3 aromatic heterocycles. The van der Waals surface area contributed by atoms with Crippen molar-refractivity contribution in [2.45, 2.75) is 32.6 Å². The molecule has 0 bridgehead atoms. The average molecular weight is 546 g/mol. The molecule has 1 fully saturated rings. The Morgan fingerprint density at radius 3 is 2.74 bits per heavy atom. The minimum Gasteiger partial charge on any atom is -0.445 e. The highest BCUT2D eigenvalue weighted by Gasteiger charge is 2.41. The van der Waals surface area contributed by atoms with Crippen LogP contribution < -0.4 is 4.90 Å². The molecule has 0 N–H and O–H groups in total.